The highest BCUT2D eigenvalue weighted by Gasteiger charge is 2.14. The number of rotatable bonds is 3. The summed E-state index contributed by atoms with van der Waals surface area (Å²) in [6, 6.07) is 16.9. The number of benzene rings is 2. The average molecular weight is 303 g/mol. The summed E-state index contributed by atoms with van der Waals surface area (Å²) in [5, 5.41) is 0. The van der Waals surface area contributed by atoms with E-state index in [1.54, 1.807) is 11.8 Å². The molecule has 2 heteroatoms. The molecule has 0 atom stereocenters. The van der Waals surface area contributed by atoms with Crippen molar-refractivity contribution in [3.05, 3.63) is 76.9 Å². The van der Waals surface area contributed by atoms with Crippen LogP contribution in [0.25, 0.3) is 17.7 Å². The molecule has 1 aliphatic rings. The Morgan fingerprint density at radius 3 is 2.00 bits per heavy atom. The quantitative estimate of drug-likeness (QED) is 0.699. The number of nitrogens with zero attached hydrogens (tertiary/aromatic N) is 1. The van der Waals surface area contributed by atoms with Crippen LogP contribution in [0.1, 0.15) is 35.6 Å². The summed E-state index contributed by atoms with van der Waals surface area (Å²) in [5.41, 5.74) is 6.21. The van der Waals surface area contributed by atoms with Crippen molar-refractivity contribution in [2.24, 2.45) is 0 Å². The van der Waals surface area contributed by atoms with Gasteiger partial charge in [-0.25, -0.2) is 0 Å². The van der Waals surface area contributed by atoms with Crippen LogP contribution >= 0.6 is 0 Å². The van der Waals surface area contributed by atoms with E-state index in [1.165, 1.54) is 27.8 Å². The fourth-order valence-electron chi connectivity index (χ4n) is 2.88. The Morgan fingerprint density at radius 2 is 1.48 bits per heavy atom. The van der Waals surface area contributed by atoms with Gasteiger partial charge in [0.05, 0.1) is 0 Å². The van der Waals surface area contributed by atoms with Crippen LogP contribution in [-0.4, -0.2) is 24.4 Å². The van der Waals surface area contributed by atoms with Gasteiger partial charge in [0, 0.05) is 20.5 Å². The maximum absolute atomic E-state index is 11.4. The van der Waals surface area contributed by atoms with E-state index < -0.39 is 0 Å². The fourth-order valence-corrected chi connectivity index (χ4v) is 2.88. The van der Waals surface area contributed by atoms with Crippen LogP contribution in [-0.2, 0) is 4.79 Å². The SMILES string of the molecule is CC(=O)N(C)CCC=C1c2ccccc2C=Cc2ccccc21. The van der Waals surface area contributed by atoms with Gasteiger partial charge >= 0.3 is 0 Å². The highest BCUT2D eigenvalue weighted by Crippen LogP contribution is 2.33. The molecular formula is C21H21NO. The van der Waals surface area contributed by atoms with Crippen LogP contribution in [0.15, 0.2) is 54.6 Å². The van der Waals surface area contributed by atoms with Gasteiger partial charge in [0.1, 0.15) is 0 Å². The molecule has 0 spiro atoms. The molecule has 0 unspecified atom stereocenters. The van der Waals surface area contributed by atoms with Gasteiger partial charge in [-0.1, -0.05) is 66.8 Å². The monoisotopic (exact) mass is 303 g/mol. The third kappa shape index (κ3) is 3.26. The van der Waals surface area contributed by atoms with Crippen molar-refractivity contribution >= 4 is 23.6 Å². The second-order valence-electron chi connectivity index (χ2n) is 5.85. The third-order valence-corrected chi connectivity index (χ3v) is 4.29. The van der Waals surface area contributed by atoms with Gasteiger partial charge < -0.3 is 4.90 Å². The van der Waals surface area contributed by atoms with Crippen LogP contribution in [0.2, 0.25) is 0 Å². The van der Waals surface area contributed by atoms with Gasteiger partial charge in [-0.15, -0.1) is 0 Å². The second kappa shape index (κ2) is 6.66. The van der Waals surface area contributed by atoms with Crippen LogP contribution in [0, 0.1) is 0 Å². The minimum absolute atomic E-state index is 0.103. The van der Waals surface area contributed by atoms with Gasteiger partial charge in [-0.3, -0.25) is 4.79 Å². The molecule has 0 aliphatic heterocycles. The van der Waals surface area contributed by atoms with Crippen molar-refractivity contribution in [2.45, 2.75) is 13.3 Å². The van der Waals surface area contributed by atoms with E-state index in [0.29, 0.717) is 0 Å². The number of amides is 1. The number of hydrogen-bond acceptors (Lipinski definition) is 1. The van der Waals surface area contributed by atoms with Gasteiger partial charge in [-0.2, -0.15) is 0 Å². The Bertz CT molecular complexity index is 734. The first-order chi connectivity index (χ1) is 11.2. The molecule has 0 bridgehead atoms. The molecule has 0 fully saturated rings. The Morgan fingerprint density at radius 1 is 0.957 bits per heavy atom. The molecule has 1 aliphatic carbocycles. The van der Waals surface area contributed by atoms with E-state index in [-0.39, 0.29) is 5.91 Å². The van der Waals surface area contributed by atoms with Crippen molar-refractivity contribution in [3.63, 3.8) is 0 Å². The minimum Gasteiger partial charge on any atom is -0.346 e. The highest BCUT2D eigenvalue weighted by molar-refractivity contribution is 5.93. The molecule has 116 valence electrons. The lowest BCUT2D eigenvalue weighted by Crippen LogP contribution is -2.24. The van der Waals surface area contributed by atoms with Crippen LogP contribution in [0.4, 0.5) is 0 Å². The summed E-state index contributed by atoms with van der Waals surface area (Å²) in [4.78, 5) is 13.1. The number of carbonyl (C=O) groups excluding carboxylic acids is 1. The normalized spacial score (nSPS) is 12.2. The Kier molecular flexibility index (Phi) is 4.42. The standard InChI is InChI=1S/C21H21NO/c1-16(23)22(2)15-7-12-21-19-10-5-3-8-17(19)13-14-18-9-4-6-11-20(18)21/h3-6,8-14H,7,15H2,1-2H3. The molecule has 2 aromatic rings. The summed E-state index contributed by atoms with van der Waals surface area (Å²) in [7, 11) is 1.84. The molecule has 0 aromatic heterocycles. The van der Waals surface area contributed by atoms with Gasteiger partial charge in [0.15, 0.2) is 0 Å². The van der Waals surface area contributed by atoms with Crippen molar-refractivity contribution in [1.29, 1.82) is 0 Å². The highest BCUT2D eigenvalue weighted by atomic mass is 16.2. The zero-order valence-corrected chi connectivity index (χ0v) is 13.6. The molecule has 2 nitrogen and oxygen atoms in total. The Labute approximate surface area is 137 Å². The predicted octanol–water partition coefficient (Wildman–Crippen LogP) is 4.47. The van der Waals surface area contributed by atoms with Crippen molar-refractivity contribution in [2.75, 3.05) is 13.6 Å². The van der Waals surface area contributed by atoms with E-state index >= 15 is 0 Å². The smallest absolute Gasteiger partial charge is 0.219 e. The molecular weight excluding hydrogens is 282 g/mol. The summed E-state index contributed by atoms with van der Waals surface area (Å²) < 4.78 is 0. The van der Waals surface area contributed by atoms with Crippen LogP contribution < -0.4 is 0 Å². The Balaban J connectivity index is 2.01. The predicted molar refractivity (Wildman–Crippen MR) is 96.8 cm³/mol. The first-order valence-electron chi connectivity index (χ1n) is 7.95. The van der Waals surface area contributed by atoms with Gasteiger partial charge in [0.2, 0.25) is 5.91 Å². The molecule has 3 rings (SSSR count). The van der Waals surface area contributed by atoms with Crippen molar-refractivity contribution < 1.29 is 4.79 Å². The first-order valence-corrected chi connectivity index (χ1v) is 7.95. The lowest BCUT2D eigenvalue weighted by Gasteiger charge is -2.15. The zero-order chi connectivity index (χ0) is 16.2. The number of fused-ring (bicyclic) bond motifs is 2. The number of carbonyl (C=O) groups is 1. The molecule has 0 saturated heterocycles. The van der Waals surface area contributed by atoms with Gasteiger partial charge in [0.25, 0.3) is 0 Å². The summed E-state index contributed by atoms with van der Waals surface area (Å²) in [6.45, 7) is 2.34. The topological polar surface area (TPSA) is 20.3 Å². The van der Waals surface area contributed by atoms with E-state index in [4.69, 9.17) is 0 Å². The summed E-state index contributed by atoms with van der Waals surface area (Å²) >= 11 is 0. The average Bonchev–Trinajstić information content (AvgIpc) is 2.72. The van der Waals surface area contributed by atoms with Crippen LogP contribution in [0.3, 0.4) is 0 Å². The first kappa shape index (κ1) is 15.3. The maximum atomic E-state index is 11.4. The fraction of sp³-hybridized carbons (Fsp3) is 0.190. The van der Waals surface area contributed by atoms with E-state index in [2.05, 4.69) is 66.8 Å². The second-order valence-corrected chi connectivity index (χ2v) is 5.85. The van der Waals surface area contributed by atoms with E-state index in [0.717, 1.165) is 13.0 Å². The molecule has 1 amide bonds. The third-order valence-electron chi connectivity index (χ3n) is 4.29. The summed E-state index contributed by atoms with van der Waals surface area (Å²) in [6.07, 6.45) is 7.45. The lowest BCUT2D eigenvalue weighted by atomic mass is 9.93. The minimum atomic E-state index is 0.103. The largest absolute Gasteiger partial charge is 0.346 e. The van der Waals surface area contributed by atoms with Crippen molar-refractivity contribution in [3.8, 4) is 0 Å². The molecule has 23 heavy (non-hydrogen) atoms. The van der Waals surface area contributed by atoms with E-state index in [1.807, 2.05) is 7.05 Å². The van der Waals surface area contributed by atoms with Gasteiger partial charge in [-0.05, 0) is 34.2 Å². The molecule has 0 radical (unpaired) electrons. The molecule has 0 saturated carbocycles. The van der Waals surface area contributed by atoms with Crippen LogP contribution in [0.5, 0.6) is 0 Å². The maximum Gasteiger partial charge on any atom is 0.219 e. The molecule has 0 N–H and O–H groups in total. The number of hydrogen-bond donors (Lipinski definition) is 0. The lowest BCUT2D eigenvalue weighted by molar-refractivity contribution is -0.127. The zero-order valence-electron chi connectivity index (χ0n) is 13.6. The Hall–Kier alpha value is -2.61. The molecule has 0 heterocycles. The summed E-state index contributed by atoms with van der Waals surface area (Å²) in [5.74, 6) is 0.103. The van der Waals surface area contributed by atoms with E-state index in [9.17, 15) is 4.79 Å². The van der Waals surface area contributed by atoms with Crippen molar-refractivity contribution in [1.82, 2.24) is 4.90 Å². The molecule has 2 aromatic carbocycles.